The van der Waals surface area contributed by atoms with Gasteiger partial charge in [-0.05, 0) is 60.4 Å². The van der Waals surface area contributed by atoms with Gasteiger partial charge in [0, 0.05) is 34.2 Å². The standard InChI is InChI=1S/C41H35N3O2.Pt/c1-22-15-26(40-43-37-29-10-7-9-24(3)28(29)12-13-35(37)46-40)20-27(16-22)45-36-21-34-30(19-25(36)4)31-17-23(2)18-33-38(31)44(34)39-32(41(33,5)6)11-8-14-42-39;/h7-11,14-19,35,37H,12-13H2,1-6H3;/q-2;+2/t35-,37+;/m0./s1. The summed E-state index contributed by atoms with van der Waals surface area (Å²) in [5, 5.41) is 2.37. The molecule has 236 valence electrons. The first-order valence-corrected chi connectivity index (χ1v) is 16.2. The summed E-state index contributed by atoms with van der Waals surface area (Å²) in [5.74, 6) is 2.89. The fourth-order valence-electron chi connectivity index (χ4n) is 8.00. The van der Waals surface area contributed by atoms with E-state index in [1.54, 1.807) is 0 Å². The summed E-state index contributed by atoms with van der Waals surface area (Å²) in [5.41, 5.74) is 12.7. The Balaban J connectivity index is 0.00000324. The maximum Gasteiger partial charge on any atom is 2.00 e. The number of rotatable bonds is 3. The zero-order valence-corrected chi connectivity index (χ0v) is 29.7. The minimum atomic E-state index is -0.178. The van der Waals surface area contributed by atoms with Crippen LogP contribution in [-0.2, 0) is 37.6 Å². The van der Waals surface area contributed by atoms with Gasteiger partial charge in [0.25, 0.3) is 0 Å². The van der Waals surface area contributed by atoms with E-state index < -0.39 is 0 Å². The van der Waals surface area contributed by atoms with Crippen molar-refractivity contribution >= 4 is 27.7 Å². The molecule has 47 heavy (non-hydrogen) atoms. The van der Waals surface area contributed by atoms with Gasteiger partial charge in [-0.3, -0.25) is 4.99 Å². The molecule has 0 radical (unpaired) electrons. The number of hydrogen-bond acceptors (Lipinski definition) is 4. The molecule has 0 N–H and O–H groups in total. The second kappa shape index (κ2) is 10.7. The predicted octanol–water partition coefficient (Wildman–Crippen LogP) is 9.27. The molecular weight excluding hydrogens is 762 g/mol. The van der Waals surface area contributed by atoms with Crippen LogP contribution in [0.1, 0.15) is 76.4 Å². The molecule has 2 atom stereocenters. The fourth-order valence-corrected chi connectivity index (χ4v) is 8.00. The maximum absolute atomic E-state index is 6.63. The summed E-state index contributed by atoms with van der Waals surface area (Å²) >= 11 is 0. The third-order valence-corrected chi connectivity index (χ3v) is 10.3. The van der Waals surface area contributed by atoms with Gasteiger partial charge in [0.15, 0.2) is 0 Å². The first kappa shape index (κ1) is 30.1. The summed E-state index contributed by atoms with van der Waals surface area (Å²) in [7, 11) is 0. The third-order valence-electron chi connectivity index (χ3n) is 10.3. The second-order valence-electron chi connectivity index (χ2n) is 13.8. The number of aliphatic imine (C=N–C) groups is 1. The minimum absolute atomic E-state index is 0. The molecule has 2 aromatic heterocycles. The Labute approximate surface area is 289 Å². The van der Waals surface area contributed by atoms with Crippen LogP contribution < -0.4 is 4.74 Å². The largest absolute Gasteiger partial charge is 2.00 e. The molecule has 0 saturated heterocycles. The van der Waals surface area contributed by atoms with E-state index in [0.29, 0.717) is 17.4 Å². The van der Waals surface area contributed by atoms with Crippen LogP contribution in [0.3, 0.4) is 0 Å². The first-order valence-electron chi connectivity index (χ1n) is 16.2. The van der Waals surface area contributed by atoms with Crippen LogP contribution in [0.25, 0.3) is 27.6 Å². The van der Waals surface area contributed by atoms with Crippen molar-refractivity contribution in [3.05, 3.63) is 129 Å². The SMILES string of the molecule is Cc1cc(Oc2[c-]c3c(cc2C)c2cc(C)cc4c2n3-c2ncccc2C4(C)C)[c-]c(C2=N[C@@H]3c4cccc(C)c4CC[C@@H]3O2)c1.[Pt+2]. The molecule has 2 aliphatic heterocycles. The quantitative estimate of drug-likeness (QED) is 0.168. The fraction of sp³-hybridized carbons (Fsp3) is 0.268. The van der Waals surface area contributed by atoms with Crippen LogP contribution in [0.15, 0.2) is 71.9 Å². The number of nitrogens with zero attached hydrogens (tertiary/aromatic N) is 3. The van der Waals surface area contributed by atoms with Crippen molar-refractivity contribution in [2.24, 2.45) is 4.99 Å². The van der Waals surface area contributed by atoms with E-state index in [4.69, 9.17) is 19.5 Å². The van der Waals surface area contributed by atoms with Gasteiger partial charge in [0.2, 0.25) is 0 Å². The Morgan fingerprint density at radius 2 is 1.72 bits per heavy atom. The van der Waals surface area contributed by atoms with Crippen molar-refractivity contribution in [1.29, 1.82) is 0 Å². The van der Waals surface area contributed by atoms with Crippen LogP contribution in [0.5, 0.6) is 11.5 Å². The average Bonchev–Trinajstić information content (AvgIpc) is 3.60. The van der Waals surface area contributed by atoms with Crippen molar-refractivity contribution in [3.8, 4) is 17.3 Å². The van der Waals surface area contributed by atoms with Crippen LogP contribution in [0.4, 0.5) is 0 Å². The molecular formula is C41H35N3O2Pt. The van der Waals surface area contributed by atoms with Crippen LogP contribution in [0.2, 0.25) is 0 Å². The van der Waals surface area contributed by atoms with Gasteiger partial charge < -0.3 is 14.0 Å². The molecule has 9 rings (SSSR count). The van der Waals surface area contributed by atoms with Crippen LogP contribution in [0, 0.1) is 39.8 Å². The zero-order valence-electron chi connectivity index (χ0n) is 27.4. The monoisotopic (exact) mass is 796 g/mol. The molecule has 0 amide bonds. The third kappa shape index (κ3) is 4.46. The molecule has 1 aliphatic carbocycles. The topological polar surface area (TPSA) is 48.6 Å². The minimum Gasteiger partial charge on any atom is -0.514 e. The van der Waals surface area contributed by atoms with Crippen LogP contribution in [-0.4, -0.2) is 21.6 Å². The molecule has 0 spiro atoms. The van der Waals surface area contributed by atoms with Crippen molar-refractivity contribution < 1.29 is 30.5 Å². The Morgan fingerprint density at radius 1 is 0.894 bits per heavy atom. The van der Waals surface area contributed by atoms with E-state index in [1.807, 2.05) is 18.3 Å². The van der Waals surface area contributed by atoms with Gasteiger partial charge in [-0.2, -0.15) is 6.07 Å². The van der Waals surface area contributed by atoms with E-state index >= 15 is 0 Å². The van der Waals surface area contributed by atoms with Gasteiger partial charge >= 0.3 is 21.1 Å². The van der Waals surface area contributed by atoms with Gasteiger partial charge in [0.1, 0.15) is 23.9 Å². The van der Waals surface area contributed by atoms with Gasteiger partial charge in [-0.25, -0.2) is 4.98 Å². The smallest absolute Gasteiger partial charge is 0.514 e. The van der Waals surface area contributed by atoms with Crippen molar-refractivity contribution in [1.82, 2.24) is 9.55 Å². The molecule has 6 heteroatoms. The summed E-state index contributed by atoms with van der Waals surface area (Å²) < 4.78 is 15.4. The molecule has 0 saturated carbocycles. The summed E-state index contributed by atoms with van der Waals surface area (Å²) in [6, 6.07) is 28.9. The van der Waals surface area contributed by atoms with E-state index in [-0.39, 0.29) is 38.6 Å². The molecule has 0 unspecified atom stereocenters. The Bertz CT molecular complexity index is 2310. The second-order valence-corrected chi connectivity index (χ2v) is 13.8. The van der Waals surface area contributed by atoms with Crippen molar-refractivity contribution in [3.63, 3.8) is 0 Å². The Kier molecular flexibility index (Phi) is 6.83. The van der Waals surface area contributed by atoms with Crippen molar-refractivity contribution in [2.45, 2.75) is 71.9 Å². The van der Waals surface area contributed by atoms with Gasteiger partial charge in [0.05, 0.1) is 0 Å². The average molecular weight is 797 g/mol. The molecule has 0 bridgehead atoms. The predicted molar refractivity (Wildman–Crippen MR) is 183 cm³/mol. The molecule has 3 aliphatic rings. The summed E-state index contributed by atoms with van der Waals surface area (Å²) in [6.45, 7) is 13.1. The maximum atomic E-state index is 6.63. The van der Waals surface area contributed by atoms with E-state index in [9.17, 15) is 0 Å². The normalized spacial score (nSPS) is 18.6. The van der Waals surface area contributed by atoms with E-state index in [1.165, 1.54) is 44.3 Å². The number of pyridine rings is 1. The molecule has 0 fully saturated rings. The van der Waals surface area contributed by atoms with Gasteiger partial charge in [-0.15, -0.1) is 28.6 Å². The van der Waals surface area contributed by atoms with Crippen molar-refractivity contribution in [2.75, 3.05) is 0 Å². The molecule has 5 nitrogen and oxygen atoms in total. The number of benzene rings is 4. The van der Waals surface area contributed by atoms with Gasteiger partial charge in [-0.1, -0.05) is 92.9 Å². The first-order chi connectivity index (χ1) is 22.2. The Hall–Kier alpha value is -4.21. The zero-order chi connectivity index (χ0) is 31.5. The molecule has 4 aromatic carbocycles. The molecule has 6 aromatic rings. The molecule has 4 heterocycles. The summed E-state index contributed by atoms with van der Waals surface area (Å²) in [4.78, 5) is 10.0. The van der Waals surface area contributed by atoms with E-state index in [0.717, 1.165) is 46.3 Å². The number of fused-ring (bicyclic) bond motifs is 8. The Morgan fingerprint density at radius 3 is 2.57 bits per heavy atom. The number of hydrogen-bond donors (Lipinski definition) is 0. The van der Waals surface area contributed by atoms with E-state index in [2.05, 4.69) is 107 Å². The van der Waals surface area contributed by atoms with Crippen LogP contribution >= 0.6 is 0 Å². The number of aromatic nitrogens is 2. The summed E-state index contributed by atoms with van der Waals surface area (Å²) in [6.07, 6.45) is 3.91. The number of aryl methyl sites for hydroxylation is 4. The number of ether oxygens (including phenoxy) is 2.